The first-order chi connectivity index (χ1) is 12.6. The molecule has 1 saturated carbocycles. The lowest BCUT2D eigenvalue weighted by Crippen LogP contribution is -2.47. The molecular formula is C20H27ClN2O3. The Kier molecular flexibility index (Phi) is 6.92. The van der Waals surface area contributed by atoms with Crippen molar-refractivity contribution in [2.45, 2.75) is 57.0 Å². The molecule has 26 heavy (non-hydrogen) atoms. The first-order valence-corrected chi connectivity index (χ1v) is 9.90. The molecule has 1 saturated heterocycles. The van der Waals surface area contributed by atoms with E-state index in [9.17, 15) is 9.59 Å². The lowest BCUT2D eigenvalue weighted by molar-refractivity contribution is -0.128. The zero-order valence-corrected chi connectivity index (χ0v) is 15.8. The van der Waals surface area contributed by atoms with Gasteiger partial charge in [0.05, 0.1) is 6.42 Å². The summed E-state index contributed by atoms with van der Waals surface area (Å²) in [6.07, 6.45) is 5.74. The van der Waals surface area contributed by atoms with Crippen molar-refractivity contribution in [3.63, 3.8) is 0 Å². The normalized spacial score (nSPS) is 24.0. The SMILES string of the molecule is O=C(Cc1ccc(Cl)cc1)N[C@@H]1CCC[C@H](NC(=O)C2CCOCC2)C1. The minimum absolute atomic E-state index is 0.0220. The van der Waals surface area contributed by atoms with E-state index in [1.807, 2.05) is 12.1 Å². The maximum Gasteiger partial charge on any atom is 0.224 e. The average Bonchev–Trinajstić information content (AvgIpc) is 2.64. The van der Waals surface area contributed by atoms with E-state index in [1.165, 1.54) is 0 Å². The van der Waals surface area contributed by atoms with Crippen molar-refractivity contribution in [1.29, 1.82) is 0 Å². The summed E-state index contributed by atoms with van der Waals surface area (Å²) in [5.41, 5.74) is 0.951. The minimum Gasteiger partial charge on any atom is -0.381 e. The second kappa shape index (κ2) is 9.38. The summed E-state index contributed by atoms with van der Waals surface area (Å²) in [6.45, 7) is 1.35. The Morgan fingerprint density at radius 3 is 2.35 bits per heavy atom. The molecule has 0 radical (unpaired) electrons. The summed E-state index contributed by atoms with van der Waals surface area (Å²) >= 11 is 5.88. The van der Waals surface area contributed by atoms with E-state index in [0.717, 1.165) is 44.1 Å². The van der Waals surface area contributed by atoms with Crippen molar-refractivity contribution in [2.24, 2.45) is 5.92 Å². The topological polar surface area (TPSA) is 67.4 Å². The molecule has 3 rings (SSSR count). The summed E-state index contributed by atoms with van der Waals surface area (Å²) in [6, 6.07) is 7.63. The third-order valence-electron chi connectivity index (χ3n) is 5.26. The van der Waals surface area contributed by atoms with Gasteiger partial charge in [0, 0.05) is 36.2 Å². The van der Waals surface area contributed by atoms with Crippen molar-refractivity contribution in [2.75, 3.05) is 13.2 Å². The summed E-state index contributed by atoms with van der Waals surface area (Å²) in [5.74, 6) is 0.240. The van der Waals surface area contributed by atoms with Crippen molar-refractivity contribution in [3.05, 3.63) is 34.9 Å². The highest BCUT2D eigenvalue weighted by atomic mass is 35.5. The number of carbonyl (C=O) groups excluding carboxylic acids is 2. The van der Waals surface area contributed by atoms with Crippen LogP contribution in [0.15, 0.2) is 24.3 Å². The van der Waals surface area contributed by atoms with Crippen molar-refractivity contribution >= 4 is 23.4 Å². The number of carbonyl (C=O) groups is 2. The summed E-state index contributed by atoms with van der Waals surface area (Å²) in [5, 5.41) is 6.98. The maximum absolute atomic E-state index is 12.4. The Morgan fingerprint density at radius 2 is 1.65 bits per heavy atom. The van der Waals surface area contributed by atoms with Crippen LogP contribution in [0.5, 0.6) is 0 Å². The van der Waals surface area contributed by atoms with Gasteiger partial charge in [0.15, 0.2) is 0 Å². The van der Waals surface area contributed by atoms with E-state index in [2.05, 4.69) is 10.6 Å². The summed E-state index contributed by atoms with van der Waals surface area (Å²) in [4.78, 5) is 24.7. The molecule has 0 unspecified atom stereocenters. The van der Waals surface area contributed by atoms with Crippen LogP contribution in [0.3, 0.4) is 0 Å². The summed E-state index contributed by atoms with van der Waals surface area (Å²) < 4.78 is 5.32. The Labute approximate surface area is 159 Å². The minimum atomic E-state index is 0.0220. The van der Waals surface area contributed by atoms with Gasteiger partial charge in [0.25, 0.3) is 0 Å². The molecule has 1 heterocycles. The molecule has 142 valence electrons. The third kappa shape index (κ3) is 5.71. The molecule has 1 aromatic carbocycles. The van der Waals surface area contributed by atoms with Crippen molar-refractivity contribution in [1.82, 2.24) is 10.6 Å². The fraction of sp³-hybridized carbons (Fsp3) is 0.600. The van der Waals surface area contributed by atoms with Gasteiger partial charge in [-0.2, -0.15) is 0 Å². The molecule has 2 amide bonds. The van der Waals surface area contributed by atoms with Crippen molar-refractivity contribution in [3.8, 4) is 0 Å². The highest BCUT2D eigenvalue weighted by Gasteiger charge is 2.28. The van der Waals surface area contributed by atoms with Gasteiger partial charge in [-0.05, 0) is 56.2 Å². The molecule has 2 aliphatic rings. The molecule has 1 aromatic rings. The molecule has 0 spiro atoms. The number of amides is 2. The molecule has 0 bridgehead atoms. The van der Waals surface area contributed by atoms with E-state index >= 15 is 0 Å². The number of ether oxygens (including phenoxy) is 1. The van der Waals surface area contributed by atoms with Gasteiger partial charge in [-0.25, -0.2) is 0 Å². The first-order valence-electron chi connectivity index (χ1n) is 9.52. The van der Waals surface area contributed by atoms with E-state index < -0.39 is 0 Å². The fourth-order valence-corrected chi connectivity index (χ4v) is 3.92. The Bertz CT molecular complexity index is 614. The quantitative estimate of drug-likeness (QED) is 0.827. The largest absolute Gasteiger partial charge is 0.381 e. The molecule has 2 N–H and O–H groups in total. The van der Waals surface area contributed by atoms with Gasteiger partial charge in [-0.15, -0.1) is 0 Å². The Hall–Kier alpha value is -1.59. The van der Waals surface area contributed by atoms with Gasteiger partial charge >= 0.3 is 0 Å². The molecule has 6 heteroatoms. The lowest BCUT2D eigenvalue weighted by Gasteiger charge is -2.32. The first kappa shape index (κ1) is 19.2. The Morgan fingerprint density at radius 1 is 1.00 bits per heavy atom. The van der Waals surface area contributed by atoms with Crippen LogP contribution >= 0.6 is 11.6 Å². The van der Waals surface area contributed by atoms with Crippen LogP contribution in [0, 0.1) is 5.92 Å². The van der Waals surface area contributed by atoms with Gasteiger partial charge in [0.2, 0.25) is 11.8 Å². The lowest BCUT2D eigenvalue weighted by atomic mass is 9.89. The number of hydrogen-bond acceptors (Lipinski definition) is 3. The number of nitrogens with one attached hydrogen (secondary N) is 2. The predicted octanol–water partition coefficient (Wildman–Crippen LogP) is 2.85. The van der Waals surface area contributed by atoms with Crippen LogP contribution < -0.4 is 10.6 Å². The zero-order valence-electron chi connectivity index (χ0n) is 15.0. The highest BCUT2D eigenvalue weighted by Crippen LogP contribution is 2.21. The van der Waals surface area contributed by atoms with Crippen LogP contribution in [0.25, 0.3) is 0 Å². The van der Waals surface area contributed by atoms with Crippen LogP contribution in [-0.4, -0.2) is 37.1 Å². The molecule has 2 fully saturated rings. The smallest absolute Gasteiger partial charge is 0.224 e. The third-order valence-corrected chi connectivity index (χ3v) is 5.51. The van der Waals surface area contributed by atoms with Crippen LogP contribution in [-0.2, 0) is 20.7 Å². The number of hydrogen-bond donors (Lipinski definition) is 2. The van der Waals surface area contributed by atoms with Gasteiger partial charge < -0.3 is 15.4 Å². The second-order valence-corrected chi connectivity index (χ2v) is 7.76. The fourth-order valence-electron chi connectivity index (χ4n) is 3.80. The molecule has 2 atom stereocenters. The summed E-state index contributed by atoms with van der Waals surface area (Å²) in [7, 11) is 0. The van der Waals surface area contributed by atoms with Crippen LogP contribution in [0.2, 0.25) is 5.02 Å². The zero-order chi connectivity index (χ0) is 18.4. The van der Waals surface area contributed by atoms with E-state index in [-0.39, 0.29) is 29.8 Å². The maximum atomic E-state index is 12.4. The second-order valence-electron chi connectivity index (χ2n) is 7.33. The molecule has 5 nitrogen and oxygen atoms in total. The molecule has 1 aliphatic heterocycles. The van der Waals surface area contributed by atoms with Crippen LogP contribution in [0.1, 0.15) is 44.1 Å². The standard InChI is InChI=1S/C20H27ClN2O3/c21-16-6-4-14(5-7-16)12-19(24)22-17-2-1-3-18(13-17)23-20(25)15-8-10-26-11-9-15/h4-7,15,17-18H,1-3,8-13H2,(H,22,24)(H,23,25)/t17-,18+/m1/s1. The average molecular weight is 379 g/mol. The monoisotopic (exact) mass is 378 g/mol. The predicted molar refractivity (Wildman–Crippen MR) is 101 cm³/mol. The number of rotatable bonds is 5. The van der Waals surface area contributed by atoms with E-state index in [4.69, 9.17) is 16.3 Å². The van der Waals surface area contributed by atoms with Crippen molar-refractivity contribution < 1.29 is 14.3 Å². The van der Waals surface area contributed by atoms with Gasteiger partial charge in [0.1, 0.15) is 0 Å². The number of benzene rings is 1. The van der Waals surface area contributed by atoms with Gasteiger partial charge in [-0.1, -0.05) is 23.7 Å². The van der Waals surface area contributed by atoms with E-state index in [1.54, 1.807) is 12.1 Å². The molecule has 1 aliphatic carbocycles. The molecule has 0 aromatic heterocycles. The Balaban J connectivity index is 1.44. The molecular weight excluding hydrogens is 352 g/mol. The highest BCUT2D eigenvalue weighted by molar-refractivity contribution is 6.30. The number of halogens is 1. The van der Waals surface area contributed by atoms with E-state index in [0.29, 0.717) is 24.7 Å². The van der Waals surface area contributed by atoms with Crippen LogP contribution in [0.4, 0.5) is 0 Å². The van der Waals surface area contributed by atoms with Gasteiger partial charge in [-0.3, -0.25) is 9.59 Å².